The molecular weight excluding hydrogens is 303 g/mol. The maximum absolute atomic E-state index is 12.6. The molecule has 2 amide bonds. The van der Waals surface area contributed by atoms with E-state index >= 15 is 0 Å². The normalized spacial score (nSPS) is 18.9. The number of carbonyl (C=O) groups excluding carboxylic acids is 1. The fourth-order valence-electron chi connectivity index (χ4n) is 2.23. The number of aromatic nitrogens is 1. The number of rotatable bonds is 2. The molecule has 22 heavy (non-hydrogen) atoms. The van der Waals surface area contributed by atoms with Gasteiger partial charge in [0, 0.05) is 19.3 Å². The van der Waals surface area contributed by atoms with Crippen molar-refractivity contribution in [2.45, 2.75) is 19.0 Å². The Bertz CT molecular complexity index is 577. The van der Waals surface area contributed by atoms with Crippen molar-refractivity contribution in [1.82, 2.24) is 9.88 Å². The van der Waals surface area contributed by atoms with Gasteiger partial charge in [-0.1, -0.05) is 0 Å². The highest BCUT2D eigenvalue weighted by molar-refractivity contribution is 5.88. The summed E-state index contributed by atoms with van der Waals surface area (Å²) in [4.78, 5) is 27.9. The molecule has 0 radical (unpaired) electrons. The minimum atomic E-state index is -4.53. The number of anilines is 1. The average molecular weight is 317 g/mol. The summed E-state index contributed by atoms with van der Waals surface area (Å²) in [7, 11) is 0. The van der Waals surface area contributed by atoms with Gasteiger partial charge in [-0.15, -0.1) is 0 Å². The van der Waals surface area contributed by atoms with Crippen LogP contribution in [0.5, 0.6) is 0 Å². The fraction of sp³-hybridized carbons (Fsp3) is 0.462. The minimum Gasteiger partial charge on any atom is -0.481 e. The predicted molar refractivity (Wildman–Crippen MR) is 70.2 cm³/mol. The summed E-state index contributed by atoms with van der Waals surface area (Å²) in [6, 6.07) is 0.880. The third-order valence-electron chi connectivity index (χ3n) is 3.38. The molecule has 6 nitrogen and oxygen atoms in total. The average Bonchev–Trinajstić information content (AvgIpc) is 2.46. The first-order valence-corrected chi connectivity index (χ1v) is 6.59. The van der Waals surface area contributed by atoms with Gasteiger partial charge in [0.2, 0.25) is 0 Å². The molecule has 9 heteroatoms. The van der Waals surface area contributed by atoms with Gasteiger partial charge >= 0.3 is 18.2 Å². The molecule has 1 aliphatic heterocycles. The van der Waals surface area contributed by atoms with E-state index in [0.29, 0.717) is 19.4 Å². The number of alkyl halides is 3. The van der Waals surface area contributed by atoms with Crippen molar-refractivity contribution in [2.24, 2.45) is 5.92 Å². The number of pyridine rings is 1. The van der Waals surface area contributed by atoms with Gasteiger partial charge in [-0.2, -0.15) is 13.2 Å². The van der Waals surface area contributed by atoms with E-state index in [1.165, 1.54) is 4.90 Å². The number of urea groups is 1. The molecule has 2 N–H and O–H groups in total. The smallest absolute Gasteiger partial charge is 0.416 e. The summed E-state index contributed by atoms with van der Waals surface area (Å²) in [6.45, 7) is 0.384. The Labute approximate surface area is 123 Å². The number of nitrogens with one attached hydrogen (secondary N) is 1. The number of carbonyl (C=O) groups is 2. The Morgan fingerprint density at radius 3 is 2.77 bits per heavy atom. The molecular formula is C13H14F3N3O3. The SMILES string of the molecule is O=C(O)C1CCCN(C(=O)Nc2cc(C(F)(F)F)ccn2)C1. The molecule has 1 aromatic heterocycles. The Kier molecular flexibility index (Phi) is 4.53. The number of hydrogen-bond acceptors (Lipinski definition) is 3. The van der Waals surface area contributed by atoms with Crippen LogP contribution in [0.15, 0.2) is 18.3 Å². The number of likely N-dealkylation sites (tertiary alicyclic amines) is 1. The second kappa shape index (κ2) is 6.20. The van der Waals surface area contributed by atoms with Gasteiger partial charge in [0.15, 0.2) is 0 Å². The van der Waals surface area contributed by atoms with Crippen LogP contribution in [0, 0.1) is 5.92 Å². The summed E-state index contributed by atoms with van der Waals surface area (Å²) in [5, 5.41) is 11.2. The molecule has 0 spiro atoms. The monoisotopic (exact) mass is 317 g/mol. The van der Waals surface area contributed by atoms with Crippen LogP contribution in [0.1, 0.15) is 18.4 Å². The molecule has 1 aliphatic rings. The number of carboxylic acids is 1. The van der Waals surface area contributed by atoms with Crippen LogP contribution >= 0.6 is 0 Å². The molecule has 0 bridgehead atoms. The van der Waals surface area contributed by atoms with E-state index in [0.717, 1.165) is 18.3 Å². The first-order chi connectivity index (χ1) is 10.3. The van der Waals surface area contributed by atoms with Crippen molar-refractivity contribution in [2.75, 3.05) is 18.4 Å². The number of nitrogens with zero attached hydrogens (tertiary/aromatic N) is 2. The van der Waals surface area contributed by atoms with Gasteiger partial charge in [-0.05, 0) is 25.0 Å². The van der Waals surface area contributed by atoms with Crippen molar-refractivity contribution < 1.29 is 27.9 Å². The second-order valence-electron chi connectivity index (χ2n) is 4.98. The Morgan fingerprint density at radius 2 is 2.14 bits per heavy atom. The van der Waals surface area contributed by atoms with E-state index in [1.807, 2.05) is 0 Å². The zero-order valence-corrected chi connectivity index (χ0v) is 11.4. The highest BCUT2D eigenvalue weighted by atomic mass is 19.4. The van der Waals surface area contributed by atoms with Crippen LogP contribution in [0.4, 0.5) is 23.8 Å². The van der Waals surface area contributed by atoms with Gasteiger partial charge in [0.05, 0.1) is 11.5 Å². The largest absolute Gasteiger partial charge is 0.481 e. The number of hydrogen-bond donors (Lipinski definition) is 2. The van der Waals surface area contributed by atoms with Gasteiger partial charge in [0.1, 0.15) is 5.82 Å². The van der Waals surface area contributed by atoms with Crippen LogP contribution in [0.3, 0.4) is 0 Å². The van der Waals surface area contributed by atoms with Crippen molar-refractivity contribution >= 4 is 17.8 Å². The van der Waals surface area contributed by atoms with Crippen LogP contribution in [0.25, 0.3) is 0 Å². The number of halogens is 3. The Morgan fingerprint density at radius 1 is 1.41 bits per heavy atom. The standard InChI is InChI=1S/C13H14F3N3O3/c14-13(15,16)9-3-4-17-10(6-9)18-12(22)19-5-1-2-8(7-19)11(20)21/h3-4,6,8H,1-2,5,7H2,(H,20,21)(H,17,18,22). The number of piperidine rings is 1. The van der Waals surface area contributed by atoms with E-state index in [9.17, 15) is 22.8 Å². The maximum atomic E-state index is 12.6. The number of aliphatic carboxylic acids is 1. The van der Waals surface area contributed by atoms with Crippen molar-refractivity contribution in [3.63, 3.8) is 0 Å². The highest BCUT2D eigenvalue weighted by Crippen LogP contribution is 2.30. The lowest BCUT2D eigenvalue weighted by Crippen LogP contribution is -2.44. The molecule has 1 unspecified atom stereocenters. The van der Waals surface area contributed by atoms with Crippen LogP contribution in [-0.4, -0.2) is 40.1 Å². The molecule has 120 valence electrons. The quantitative estimate of drug-likeness (QED) is 0.877. The number of carboxylic acid groups (broad SMARTS) is 1. The lowest BCUT2D eigenvalue weighted by molar-refractivity contribution is -0.143. The van der Waals surface area contributed by atoms with Crippen LogP contribution in [0.2, 0.25) is 0 Å². The second-order valence-corrected chi connectivity index (χ2v) is 4.98. The fourth-order valence-corrected chi connectivity index (χ4v) is 2.23. The Hall–Kier alpha value is -2.32. The molecule has 0 aliphatic carbocycles. The zero-order chi connectivity index (χ0) is 16.3. The molecule has 1 fully saturated rings. The third kappa shape index (κ3) is 3.86. The molecule has 2 rings (SSSR count). The summed E-state index contributed by atoms with van der Waals surface area (Å²) in [6.07, 6.45) is -2.57. The van der Waals surface area contributed by atoms with Crippen LogP contribution in [-0.2, 0) is 11.0 Å². The van der Waals surface area contributed by atoms with E-state index in [2.05, 4.69) is 10.3 Å². The highest BCUT2D eigenvalue weighted by Gasteiger charge is 2.31. The van der Waals surface area contributed by atoms with Crippen molar-refractivity contribution in [1.29, 1.82) is 0 Å². The molecule has 1 atom stereocenters. The van der Waals surface area contributed by atoms with Gasteiger partial charge in [-0.25, -0.2) is 9.78 Å². The third-order valence-corrected chi connectivity index (χ3v) is 3.38. The topological polar surface area (TPSA) is 82.5 Å². The van der Waals surface area contributed by atoms with Gasteiger partial charge in [-0.3, -0.25) is 10.1 Å². The summed E-state index contributed by atoms with van der Waals surface area (Å²) < 4.78 is 37.8. The molecule has 2 heterocycles. The molecule has 1 aromatic rings. The van der Waals surface area contributed by atoms with E-state index in [1.54, 1.807) is 0 Å². The van der Waals surface area contributed by atoms with E-state index < -0.39 is 29.7 Å². The summed E-state index contributed by atoms with van der Waals surface area (Å²) >= 11 is 0. The van der Waals surface area contributed by atoms with E-state index in [-0.39, 0.29) is 12.4 Å². The van der Waals surface area contributed by atoms with Gasteiger partial charge in [0.25, 0.3) is 0 Å². The molecule has 0 aromatic carbocycles. The first-order valence-electron chi connectivity index (χ1n) is 6.59. The lowest BCUT2D eigenvalue weighted by atomic mass is 9.99. The minimum absolute atomic E-state index is 0.0279. The summed E-state index contributed by atoms with van der Waals surface area (Å²) in [5.74, 6) is -1.87. The zero-order valence-electron chi connectivity index (χ0n) is 11.4. The number of amides is 2. The van der Waals surface area contributed by atoms with Crippen molar-refractivity contribution in [3.05, 3.63) is 23.9 Å². The van der Waals surface area contributed by atoms with E-state index in [4.69, 9.17) is 5.11 Å². The van der Waals surface area contributed by atoms with Crippen LogP contribution < -0.4 is 5.32 Å². The maximum Gasteiger partial charge on any atom is 0.416 e. The predicted octanol–water partition coefficient (Wildman–Crippen LogP) is 2.43. The van der Waals surface area contributed by atoms with Crippen molar-refractivity contribution in [3.8, 4) is 0 Å². The molecule has 1 saturated heterocycles. The lowest BCUT2D eigenvalue weighted by Gasteiger charge is -2.30. The first kappa shape index (κ1) is 16.1. The Balaban J connectivity index is 2.04. The summed E-state index contributed by atoms with van der Waals surface area (Å²) in [5.41, 5.74) is -0.917. The molecule has 0 saturated carbocycles. The van der Waals surface area contributed by atoms with Gasteiger partial charge < -0.3 is 10.0 Å².